The van der Waals surface area contributed by atoms with Crippen LogP contribution in [0.1, 0.15) is 64.5 Å². The van der Waals surface area contributed by atoms with Crippen LogP contribution in [0.15, 0.2) is 48.5 Å². The van der Waals surface area contributed by atoms with Crippen molar-refractivity contribution in [2.75, 3.05) is 18.8 Å². The zero-order valence-corrected chi connectivity index (χ0v) is 31.8. The Morgan fingerprint density at radius 1 is 0.843 bits per heavy atom. The van der Waals surface area contributed by atoms with E-state index in [2.05, 4.69) is 32.0 Å². The van der Waals surface area contributed by atoms with Gasteiger partial charge in [0.25, 0.3) is 0 Å². The van der Waals surface area contributed by atoms with Crippen LogP contribution in [0.5, 0.6) is 0 Å². The Morgan fingerprint density at radius 3 is 2.04 bits per heavy atom. The van der Waals surface area contributed by atoms with E-state index in [9.17, 15) is 42.9 Å². The van der Waals surface area contributed by atoms with Gasteiger partial charge in [0.2, 0.25) is 15.9 Å². The third-order valence-electron chi connectivity index (χ3n) is 7.62. The number of nitrogens with one attached hydrogen (secondary N) is 2. The first-order valence-corrected chi connectivity index (χ1v) is 19.6. The number of aliphatic carboxylic acids is 3. The van der Waals surface area contributed by atoms with E-state index in [-0.39, 0.29) is 55.2 Å². The van der Waals surface area contributed by atoms with Gasteiger partial charge in [0, 0.05) is 25.3 Å². The highest BCUT2D eigenvalue weighted by molar-refractivity contribution is 7.88. The van der Waals surface area contributed by atoms with Gasteiger partial charge in [0.15, 0.2) is 0 Å². The maximum absolute atomic E-state index is 12.9. The number of carboxylic acids is 3. The van der Waals surface area contributed by atoms with Gasteiger partial charge in [-0.1, -0.05) is 64.1 Å². The number of sulfonamides is 1. The number of carbonyl (C=O) groups is 4. The molecule has 51 heavy (non-hydrogen) atoms. The number of fused-ring (bicyclic) bond motifs is 1. The van der Waals surface area contributed by atoms with Crippen LogP contribution in [-0.2, 0) is 41.4 Å². The summed E-state index contributed by atoms with van der Waals surface area (Å²) in [6.07, 6.45) is 1.64. The Bertz CT molecular complexity index is 1670. The van der Waals surface area contributed by atoms with Gasteiger partial charge >= 0.3 is 17.9 Å². The molecule has 0 saturated carbocycles. The summed E-state index contributed by atoms with van der Waals surface area (Å²) in [7, 11) is -3.82. The predicted molar refractivity (Wildman–Crippen MR) is 199 cm³/mol. The molecule has 5 N–H and O–H groups in total. The highest BCUT2D eigenvalue weighted by atomic mass is 32.2. The Hall–Kier alpha value is -3.64. The monoisotopic (exact) mass is 767 g/mol. The molecule has 0 aliphatic rings. The third-order valence-corrected chi connectivity index (χ3v) is 10.2. The van der Waals surface area contributed by atoms with Crippen LogP contribution < -0.4 is 10.6 Å². The minimum atomic E-state index is -3.82. The molecule has 0 aliphatic carbocycles. The molecular weight excluding hydrogens is 719 g/mol. The fraction of sp³-hybridized carbons (Fsp3) is 0.529. The number of aromatic nitrogens is 2. The summed E-state index contributed by atoms with van der Waals surface area (Å²) in [4.78, 5) is 46.1. The molecule has 14 nitrogen and oxygen atoms in total. The summed E-state index contributed by atoms with van der Waals surface area (Å²) in [5.41, 5.74) is 2.96. The first kappa shape index (κ1) is 43.5. The zero-order valence-electron chi connectivity index (χ0n) is 29.3. The second kappa shape index (κ2) is 21.7. The molecule has 0 saturated heterocycles. The number of nitrogens with zero attached hydrogens (tertiary/aromatic N) is 3. The highest BCUT2D eigenvalue weighted by Gasteiger charge is 2.35. The molecule has 1 heterocycles. The molecule has 1 amide bonds. The SMILES string of the molecule is CC(C)CC(C(=O)O)N(CCS)S(=O)(=O)Cc1ccc2nsnc2c1.CC(C)C[C@H](N[C@@H](CCNC(=O)CCc1ccccc1)C(=O)O)C(=O)O. The summed E-state index contributed by atoms with van der Waals surface area (Å²) in [6, 6.07) is 11.6. The number of aryl methyl sites for hydroxylation is 1. The molecule has 2 aromatic carbocycles. The van der Waals surface area contributed by atoms with E-state index in [4.69, 9.17) is 0 Å². The number of carboxylic acid groups (broad SMARTS) is 3. The van der Waals surface area contributed by atoms with E-state index in [0.29, 0.717) is 35.9 Å². The third kappa shape index (κ3) is 15.6. The van der Waals surface area contributed by atoms with Crippen molar-refractivity contribution in [3.05, 3.63) is 59.7 Å². The number of hydrogen-bond donors (Lipinski definition) is 6. The van der Waals surface area contributed by atoms with Crippen molar-refractivity contribution in [1.82, 2.24) is 23.7 Å². The van der Waals surface area contributed by atoms with Crippen LogP contribution in [0.25, 0.3) is 11.0 Å². The van der Waals surface area contributed by atoms with Crippen molar-refractivity contribution in [3.8, 4) is 0 Å². The second-order valence-corrected chi connectivity index (χ2v) is 15.8. The minimum Gasteiger partial charge on any atom is -0.480 e. The van der Waals surface area contributed by atoms with Crippen molar-refractivity contribution < 1.29 is 42.9 Å². The Morgan fingerprint density at radius 2 is 1.47 bits per heavy atom. The molecule has 1 unspecified atom stereocenters. The van der Waals surface area contributed by atoms with E-state index in [1.165, 1.54) is 0 Å². The molecule has 282 valence electrons. The predicted octanol–water partition coefficient (Wildman–Crippen LogP) is 3.92. The Kier molecular flexibility index (Phi) is 18.5. The van der Waals surface area contributed by atoms with Crippen molar-refractivity contribution in [1.29, 1.82) is 0 Å². The summed E-state index contributed by atoms with van der Waals surface area (Å²) < 4.78 is 35.0. The molecule has 1 aromatic heterocycles. The molecule has 17 heteroatoms. The Labute approximate surface area is 308 Å². The molecular formula is C34H49N5O9S3. The molecule has 0 fully saturated rings. The fourth-order valence-electron chi connectivity index (χ4n) is 5.17. The van der Waals surface area contributed by atoms with Gasteiger partial charge in [0.05, 0.1) is 17.5 Å². The molecule has 3 atom stereocenters. The van der Waals surface area contributed by atoms with E-state index >= 15 is 0 Å². The van der Waals surface area contributed by atoms with Crippen molar-refractivity contribution in [2.24, 2.45) is 11.8 Å². The lowest BCUT2D eigenvalue weighted by molar-refractivity contribution is -0.144. The lowest BCUT2D eigenvalue weighted by atomic mass is 10.0. The molecule has 0 radical (unpaired) electrons. The first-order chi connectivity index (χ1) is 24.0. The number of carbonyl (C=O) groups excluding carboxylic acids is 1. The number of benzene rings is 2. The van der Waals surface area contributed by atoms with E-state index in [0.717, 1.165) is 21.6 Å². The van der Waals surface area contributed by atoms with Gasteiger partial charge < -0.3 is 20.6 Å². The van der Waals surface area contributed by atoms with Gasteiger partial charge in [-0.15, -0.1) is 0 Å². The summed E-state index contributed by atoms with van der Waals surface area (Å²) >= 11 is 5.16. The standard InChI is InChI=1S/C19H28N2O5.C15H21N3O4S3/c1-13(2)12-16(19(25)26)21-15(18(23)24)10-11-20-17(22)9-8-14-6-4-3-5-7-14;1-10(2)7-14(15(19)20)18(5-6-23)25(21,22)9-11-3-4-12-13(8-11)17-24-16-12/h3-7,13,15-16,21H,8-12H2,1-2H3,(H,20,22)(H,23,24)(H,25,26);3-4,8,10,14,23H,5-7,9H2,1-2H3,(H,19,20)/t15-,16-;/m0./s1. The summed E-state index contributed by atoms with van der Waals surface area (Å²) in [5, 5.41) is 33.4. The molecule has 3 rings (SSSR count). The average molecular weight is 768 g/mol. The maximum Gasteiger partial charge on any atom is 0.322 e. The number of thiol groups is 1. The zero-order chi connectivity index (χ0) is 38.1. The minimum absolute atomic E-state index is 0.0512. The van der Waals surface area contributed by atoms with Crippen LogP contribution in [-0.4, -0.2) is 97.6 Å². The van der Waals surface area contributed by atoms with Crippen LogP contribution >= 0.6 is 24.4 Å². The van der Waals surface area contributed by atoms with Gasteiger partial charge in [-0.05, 0) is 60.8 Å². The van der Waals surface area contributed by atoms with Gasteiger partial charge in [-0.2, -0.15) is 25.7 Å². The maximum atomic E-state index is 12.9. The van der Waals surface area contributed by atoms with E-state index in [1.807, 2.05) is 58.0 Å². The number of hydrogen-bond acceptors (Lipinski definition) is 11. The molecule has 3 aromatic rings. The average Bonchev–Trinajstić information content (AvgIpc) is 3.52. The van der Waals surface area contributed by atoms with Crippen molar-refractivity contribution in [3.63, 3.8) is 0 Å². The smallest absolute Gasteiger partial charge is 0.322 e. The first-order valence-electron chi connectivity index (χ1n) is 16.6. The topological polar surface area (TPSA) is 216 Å². The van der Waals surface area contributed by atoms with Crippen LogP contribution in [0.3, 0.4) is 0 Å². The molecule has 0 aliphatic heterocycles. The quantitative estimate of drug-likeness (QED) is 0.0851. The summed E-state index contributed by atoms with van der Waals surface area (Å²) in [5.74, 6) is -3.36. The lowest BCUT2D eigenvalue weighted by Gasteiger charge is -2.28. The summed E-state index contributed by atoms with van der Waals surface area (Å²) in [6.45, 7) is 7.71. The second-order valence-electron chi connectivity index (χ2n) is 12.9. The molecule has 0 bridgehead atoms. The van der Waals surface area contributed by atoms with Crippen molar-refractivity contribution >= 4 is 69.2 Å². The van der Waals surface area contributed by atoms with Gasteiger partial charge in [0.1, 0.15) is 29.2 Å². The fourth-order valence-corrected chi connectivity index (χ4v) is 7.73. The van der Waals surface area contributed by atoms with Gasteiger partial charge in [-0.3, -0.25) is 24.5 Å². The van der Waals surface area contributed by atoms with Crippen LogP contribution in [0.2, 0.25) is 0 Å². The van der Waals surface area contributed by atoms with E-state index < -0.39 is 46.1 Å². The van der Waals surface area contributed by atoms with E-state index in [1.54, 1.807) is 18.2 Å². The van der Waals surface area contributed by atoms with Crippen molar-refractivity contribution in [2.45, 2.75) is 83.7 Å². The van der Waals surface area contributed by atoms with Crippen LogP contribution in [0, 0.1) is 11.8 Å². The number of amides is 1. The van der Waals surface area contributed by atoms with Gasteiger partial charge in [-0.25, -0.2) is 8.42 Å². The largest absolute Gasteiger partial charge is 0.480 e. The van der Waals surface area contributed by atoms with Crippen LogP contribution in [0.4, 0.5) is 0 Å². The normalized spacial score (nSPS) is 13.4. The number of rotatable bonds is 21. The molecule has 0 spiro atoms. The Balaban J connectivity index is 0.000000354. The highest BCUT2D eigenvalue weighted by Crippen LogP contribution is 2.21. The lowest BCUT2D eigenvalue weighted by Crippen LogP contribution is -2.49.